The van der Waals surface area contributed by atoms with E-state index >= 15 is 0 Å². The van der Waals surface area contributed by atoms with E-state index < -0.39 is 0 Å². The van der Waals surface area contributed by atoms with Crippen molar-refractivity contribution in [2.24, 2.45) is 29.6 Å². The molecule has 0 bridgehead atoms. The summed E-state index contributed by atoms with van der Waals surface area (Å²) in [6, 6.07) is 6.59. The maximum atomic E-state index is 11.7. The molecule has 3 heteroatoms. The Morgan fingerprint density at radius 1 is 0.939 bits per heavy atom. The molecule has 3 aliphatic carbocycles. The Balaban J connectivity index is 1.34. The molecular weight excluding hydrogens is 408 g/mol. The van der Waals surface area contributed by atoms with Crippen LogP contribution in [0.3, 0.4) is 0 Å². The molecule has 0 saturated heterocycles. The Morgan fingerprint density at radius 2 is 1.58 bits per heavy atom. The third-order valence-corrected chi connectivity index (χ3v) is 9.21. The highest BCUT2D eigenvalue weighted by Crippen LogP contribution is 2.50. The maximum Gasteiger partial charge on any atom is 0.333 e. The van der Waals surface area contributed by atoms with Crippen LogP contribution >= 0.6 is 0 Å². The van der Waals surface area contributed by atoms with E-state index in [9.17, 15) is 9.90 Å². The van der Waals surface area contributed by atoms with Gasteiger partial charge in [-0.3, -0.25) is 0 Å². The quantitative estimate of drug-likeness (QED) is 0.359. The summed E-state index contributed by atoms with van der Waals surface area (Å²) in [5.74, 6) is 5.07. The Morgan fingerprint density at radius 3 is 2.27 bits per heavy atom. The molecule has 4 unspecified atom stereocenters. The van der Waals surface area contributed by atoms with E-state index in [1.165, 1.54) is 69.8 Å². The number of aliphatic hydroxyl groups is 1. The van der Waals surface area contributed by atoms with Crippen LogP contribution in [0.2, 0.25) is 0 Å². The Hall–Kier alpha value is -1.61. The van der Waals surface area contributed by atoms with E-state index in [2.05, 4.69) is 31.7 Å². The molecule has 33 heavy (non-hydrogen) atoms. The van der Waals surface area contributed by atoms with Crippen molar-refractivity contribution in [2.75, 3.05) is 6.61 Å². The topological polar surface area (TPSA) is 46.5 Å². The van der Waals surface area contributed by atoms with Crippen molar-refractivity contribution < 1.29 is 14.6 Å². The van der Waals surface area contributed by atoms with E-state index in [0.29, 0.717) is 24.5 Å². The van der Waals surface area contributed by atoms with Crippen LogP contribution in [0.5, 0.6) is 0 Å². The second-order valence-corrected chi connectivity index (χ2v) is 11.5. The monoisotopic (exact) mass is 452 g/mol. The van der Waals surface area contributed by atoms with Gasteiger partial charge in [-0.2, -0.15) is 0 Å². The Kier molecular flexibility index (Phi) is 8.33. The minimum Gasteiger partial charge on any atom is -0.462 e. The fourth-order valence-electron chi connectivity index (χ4n) is 7.08. The van der Waals surface area contributed by atoms with Gasteiger partial charge >= 0.3 is 5.97 Å². The van der Waals surface area contributed by atoms with Crippen LogP contribution in [-0.4, -0.2) is 17.7 Å². The molecule has 1 aromatic rings. The lowest BCUT2D eigenvalue weighted by atomic mass is 9.60. The molecule has 0 spiro atoms. The molecule has 1 N–H and O–H groups in total. The summed E-state index contributed by atoms with van der Waals surface area (Å²) in [7, 11) is 0. The molecular formula is C30H44O3. The third kappa shape index (κ3) is 6.10. The first-order chi connectivity index (χ1) is 15.9. The van der Waals surface area contributed by atoms with Crippen molar-refractivity contribution in [2.45, 2.75) is 97.0 Å². The lowest BCUT2D eigenvalue weighted by molar-refractivity contribution is -0.138. The molecule has 0 radical (unpaired) electrons. The number of benzene rings is 1. The molecule has 1 aromatic carbocycles. The standard InChI is InChI=1S/C30H44O3/c1-20(2)30(32)33-15-14-28-18-27(12-13-29(28)19-31)26-11-10-24-16-23(8-9-25(24)17-26)22-6-4-21(3)5-7-22/h12-13,18,21-26,31H,1,4-11,14-17,19H2,2-3H3. The highest BCUT2D eigenvalue weighted by Gasteiger charge is 2.38. The number of carbonyl (C=O) groups excluding carboxylic acids is 1. The number of aliphatic hydroxyl groups excluding tert-OH is 1. The second kappa shape index (κ2) is 11.2. The zero-order valence-electron chi connectivity index (χ0n) is 20.9. The fourth-order valence-corrected chi connectivity index (χ4v) is 7.08. The van der Waals surface area contributed by atoms with Crippen molar-refractivity contribution in [3.8, 4) is 0 Å². The first-order valence-electron chi connectivity index (χ1n) is 13.5. The van der Waals surface area contributed by atoms with Crippen molar-refractivity contribution in [3.63, 3.8) is 0 Å². The van der Waals surface area contributed by atoms with Gasteiger partial charge in [0.2, 0.25) is 0 Å². The van der Waals surface area contributed by atoms with Crippen LogP contribution in [0.15, 0.2) is 30.4 Å². The van der Waals surface area contributed by atoms with Gasteiger partial charge in [0.15, 0.2) is 0 Å². The van der Waals surface area contributed by atoms with Crippen molar-refractivity contribution in [1.82, 2.24) is 0 Å². The van der Waals surface area contributed by atoms with E-state index in [0.717, 1.165) is 40.7 Å². The van der Waals surface area contributed by atoms with Crippen molar-refractivity contribution in [3.05, 3.63) is 47.0 Å². The normalized spacial score (nSPS) is 32.1. The molecule has 3 fully saturated rings. The predicted octanol–water partition coefficient (Wildman–Crippen LogP) is 6.97. The van der Waals surface area contributed by atoms with Gasteiger partial charge in [0, 0.05) is 12.0 Å². The summed E-state index contributed by atoms with van der Waals surface area (Å²) in [6.45, 7) is 8.10. The number of esters is 1. The largest absolute Gasteiger partial charge is 0.462 e. The van der Waals surface area contributed by atoms with Crippen LogP contribution < -0.4 is 0 Å². The lowest BCUT2D eigenvalue weighted by Gasteiger charge is -2.45. The zero-order valence-corrected chi connectivity index (χ0v) is 20.9. The third-order valence-electron chi connectivity index (χ3n) is 9.21. The highest BCUT2D eigenvalue weighted by atomic mass is 16.5. The van der Waals surface area contributed by atoms with Crippen LogP contribution in [0.4, 0.5) is 0 Å². The number of fused-ring (bicyclic) bond motifs is 1. The molecule has 4 rings (SSSR count). The summed E-state index contributed by atoms with van der Waals surface area (Å²) < 4.78 is 5.31. The molecule has 0 heterocycles. The number of carbonyl (C=O) groups is 1. The van der Waals surface area contributed by atoms with Gasteiger partial charge in [-0.05, 0) is 110 Å². The van der Waals surface area contributed by atoms with Crippen LogP contribution in [0, 0.1) is 29.6 Å². The number of ether oxygens (including phenoxy) is 1. The van der Waals surface area contributed by atoms with Gasteiger partial charge in [0.05, 0.1) is 13.2 Å². The first kappa shape index (κ1) is 24.5. The predicted molar refractivity (Wildman–Crippen MR) is 134 cm³/mol. The summed E-state index contributed by atoms with van der Waals surface area (Å²) >= 11 is 0. The number of hydrogen-bond donors (Lipinski definition) is 1. The number of rotatable bonds is 7. The molecule has 0 amide bonds. The van der Waals surface area contributed by atoms with Crippen LogP contribution in [0.1, 0.15) is 101 Å². The summed E-state index contributed by atoms with van der Waals surface area (Å²) in [5.41, 5.74) is 3.90. The van der Waals surface area contributed by atoms with E-state index in [-0.39, 0.29) is 12.6 Å². The summed E-state index contributed by atoms with van der Waals surface area (Å²) in [6.07, 6.45) is 14.9. The Bertz CT molecular complexity index is 820. The minimum absolute atomic E-state index is 0.0285. The van der Waals surface area contributed by atoms with Gasteiger partial charge in [0.25, 0.3) is 0 Å². The fraction of sp³-hybridized carbons (Fsp3) is 0.700. The van der Waals surface area contributed by atoms with Gasteiger partial charge in [-0.15, -0.1) is 0 Å². The molecule has 0 aliphatic heterocycles. The smallest absolute Gasteiger partial charge is 0.333 e. The molecule has 4 atom stereocenters. The highest BCUT2D eigenvalue weighted by molar-refractivity contribution is 5.86. The van der Waals surface area contributed by atoms with Crippen molar-refractivity contribution >= 4 is 5.97 Å². The number of hydrogen-bond acceptors (Lipinski definition) is 3. The second-order valence-electron chi connectivity index (χ2n) is 11.5. The molecule has 182 valence electrons. The van der Waals surface area contributed by atoms with Gasteiger partial charge in [-0.25, -0.2) is 4.79 Å². The SMILES string of the molecule is C=C(C)C(=O)OCCc1cc(C2CCC3CC(C4CCC(C)CC4)CCC3C2)ccc1CO. The maximum absolute atomic E-state index is 11.7. The van der Waals surface area contributed by atoms with Crippen molar-refractivity contribution in [1.29, 1.82) is 0 Å². The molecule has 3 nitrogen and oxygen atoms in total. The van der Waals surface area contributed by atoms with E-state index in [1.807, 2.05) is 0 Å². The Labute approximate surface area is 201 Å². The van der Waals surface area contributed by atoms with Gasteiger partial charge in [0.1, 0.15) is 0 Å². The van der Waals surface area contributed by atoms with E-state index in [1.54, 1.807) is 6.92 Å². The van der Waals surface area contributed by atoms with Crippen LogP contribution in [-0.2, 0) is 22.6 Å². The van der Waals surface area contributed by atoms with Gasteiger partial charge in [-0.1, -0.05) is 44.5 Å². The van der Waals surface area contributed by atoms with Gasteiger partial charge < -0.3 is 9.84 Å². The minimum atomic E-state index is -0.339. The van der Waals surface area contributed by atoms with Crippen LogP contribution in [0.25, 0.3) is 0 Å². The average molecular weight is 453 g/mol. The molecule has 3 aliphatic rings. The molecule has 0 aromatic heterocycles. The first-order valence-corrected chi connectivity index (χ1v) is 13.5. The molecule has 3 saturated carbocycles. The average Bonchev–Trinajstić information content (AvgIpc) is 2.83. The summed E-state index contributed by atoms with van der Waals surface area (Å²) in [5, 5.41) is 9.80. The zero-order chi connectivity index (χ0) is 23.4. The summed E-state index contributed by atoms with van der Waals surface area (Å²) in [4.78, 5) is 11.7. The lowest BCUT2D eigenvalue weighted by Crippen LogP contribution is -2.34. The van der Waals surface area contributed by atoms with E-state index in [4.69, 9.17) is 4.74 Å².